The third-order valence-electron chi connectivity index (χ3n) is 4.48. The first-order valence-electron chi connectivity index (χ1n) is 8.43. The van der Waals surface area contributed by atoms with Crippen molar-refractivity contribution >= 4 is 23.6 Å². The lowest BCUT2D eigenvalue weighted by atomic mass is 9.96. The number of piperidine rings is 1. The molecular formula is C20H21NO3S. The number of benzene rings is 2. The van der Waals surface area contributed by atoms with Gasteiger partial charge in [0.15, 0.2) is 0 Å². The molecule has 0 bridgehead atoms. The average Bonchev–Trinajstić information content (AvgIpc) is 2.67. The summed E-state index contributed by atoms with van der Waals surface area (Å²) < 4.78 is 0. The molecule has 1 atom stereocenters. The van der Waals surface area contributed by atoms with E-state index < -0.39 is 5.97 Å². The molecular weight excluding hydrogens is 334 g/mol. The molecule has 3 rings (SSSR count). The topological polar surface area (TPSA) is 57.6 Å². The van der Waals surface area contributed by atoms with E-state index in [2.05, 4.69) is 0 Å². The number of amides is 1. The Bertz CT molecular complexity index is 712. The second-order valence-electron chi connectivity index (χ2n) is 6.16. The fraction of sp³-hybridized carbons (Fsp3) is 0.300. The van der Waals surface area contributed by atoms with Gasteiger partial charge in [0.05, 0.1) is 5.92 Å². The molecule has 0 radical (unpaired) electrons. The van der Waals surface area contributed by atoms with Crippen LogP contribution in [0.15, 0.2) is 65.6 Å². The number of nitrogens with zero attached hydrogens (tertiary/aromatic N) is 1. The largest absolute Gasteiger partial charge is 0.481 e. The average molecular weight is 355 g/mol. The molecule has 0 aromatic heterocycles. The van der Waals surface area contributed by atoms with Gasteiger partial charge in [-0.3, -0.25) is 9.59 Å². The van der Waals surface area contributed by atoms with E-state index in [9.17, 15) is 9.59 Å². The van der Waals surface area contributed by atoms with E-state index in [-0.39, 0.29) is 17.1 Å². The number of carbonyl (C=O) groups excluding carboxylic acids is 1. The number of rotatable bonds is 5. The van der Waals surface area contributed by atoms with E-state index in [0.717, 1.165) is 10.5 Å². The van der Waals surface area contributed by atoms with Crippen molar-refractivity contribution < 1.29 is 14.7 Å². The molecule has 2 aromatic carbocycles. The normalized spacial score (nSPS) is 16.4. The molecule has 1 N–H and O–H groups in total. The standard InChI is InChI=1S/C20H21NO3S/c22-19(21-13-11-16(12-14-21)20(23)24)18(15-7-3-1-4-8-15)25-17-9-5-2-6-10-17/h1-10,16,18H,11-14H2,(H,23,24)/t18-/m0/s1. The van der Waals surface area contributed by atoms with Gasteiger partial charge in [-0.15, -0.1) is 11.8 Å². The summed E-state index contributed by atoms with van der Waals surface area (Å²) in [5, 5.41) is 8.82. The fourth-order valence-corrected chi connectivity index (χ4v) is 4.17. The van der Waals surface area contributed by atoms with Gasteiger partial charge in [0.25, 0.3) is 0 Å². The first-order chi connectivity index (χ1) is 12.1. The molecule has 0 saturated carbocycles. The van der Waals surface area contributed by atoms with Gasteiger partial charge in [0.2, 0.25) is 5.91 Å². The summed E-state index contributed by atoms with van der Waals surface area (Å²) >= 11 is 1.54. The molecule has 5 heteroatoms. The van der Waals surface area contributed by atoms with Crippen LogP contribution in [0.5, 0.6) is 0 Å². The minimum atomic E-state index is -0.759. The summed E-state index contributed by atoms with van der Waals surface area (Å²) in [4.78, 5) is 27.1. The van der Waals surface area contributed by atoms with Gasteiger partial charge < -0.3 is 10.0 Å². The van der Waals surface area contributed by atoms with Crippen LogP contribution in [0.2, 0.25) is 0 Å². The first-order valence-corrected chi connectivity index (χ1v) is 9.31. The van der Waals surface area contributed by atoms with Crippen LogP contribution in [0.3, 0.4) is 0 Å². The van der Waals surface area contributed by atoms with Crippen LogP contribution < -0.4 is 0 Å². The maximum atomic E-state index is 13.1. The quantitative estimate of drug-likeness (QED) is 0.828. The number of carboxylic acid groups (broad SMARTS) is 1. The Morgan fingerprint density at radius 1 is 0.960 bits per heavy atom. The number of aliphatic carboxylic acids is 1. The molecule has 130 valence electrons. The number of likely N-dealkylation sites (tertiary alicyclic amines) is 1. The third-order valence-corrected chi connectivity index (χ3v) is 5.73. The number of hydrogen-bond acceptors (Lipinski definition) is 3. The monoisotopic (exact) mass is 355 g/mol. The van der Waals surface area contributed by atoms with Crippen LogP contribution in [0.4, 0.5) is 0 Å². The molecule has 4 nitrogen and oxygen atoms in total. The molecule has 1 aliphatic rings. The molecule has 0 aliphatic carbocycles. The lowest BCUT2D eigenvalue weighted by molar-refractivity contribution is -0.145. The van der Waals surface area contributed by atoms with E-state index in [1.165, 1.54) is 0 Å². The number of carboxylic acids is 1. The predicted molar refractivity (Wildman–Crippen MR) is 98.4 cm³/mol. The van der Waals surface area contributed by atoms with Crippen molar-refractivity contribution in [3.8, 4) is 0 Å². The van der Waals surface area contributed by atoms with Crippen LogP contribution in [-0.2, 0) is 9.59 Å². The number of thioether (sulfide) groups is 1. The second kappa shape index (κ2) is 8.21. The van der Waals surface area contributed by atoms with Gasteiger partial charge in [-0.2, -0.15) is 0 Å². The molecule has 0 unspecified atom stereocenters. The van der Waals surface area contributed by atoms with Gasteiger partial charge in [-0.25, -0.2) is 0 Å². The summed E-state index contributed by atoms with van der Waals surface area (Å²) in [6, 6.07) is 19.7. The van der Waals surface area contributed by atoms with Crippen LogP contribution in [0, 0.1) is 5.92 Å². The third kappa shape index (κ3) is 4.42. The molecule has 25 heavy (non-hydrogen) atoms. The maximum Gasteiger partial charge on any atom is 0.306 e. The summed E-state index contributed by atoms with van der Waals surface area (Å²) in [5.74, 6) is -1.03. The predicted octanol–water partition coefficient (Wildman–Crippen LogP) is 3.84. The molecule has 1 heterocycles. The Hall–Kier alpha value is -2.27. The fourth-order valence-electron chi connectivity index (χ4n) is 3.04. The smallest absolute Gasteiger partial charge is 0.306 e. The lowest BCUT2D eigenvalue weighted by Crippen LogP contribution is -2.42. The zero-order valence-electron chi connectivity index (χ0n) is 13.9. The SMILES string of the molecule is O=C(O)C1CCN(C(=O)[C@@H](Sc2ccccc2)c2ccccc2)CC1. The van der Waals surface area contributed by atoms with Crippen molar-refractivity contribution in [2.75, 3.05) is 13.1 Å². The van der Waals surface area contributed by atoms with Crippen molar-refractivity contribution in [2.45, 2.75) is 23.0 Å². The van der Waals surface area contributed by atoms with Crippen LogP contribution >= 0.6 is 11.8 Å². The van der Waals surface area contributed by atoms with Gasteiger partial charge in [-0.05, 0) is 30.5 Å². The highest BCUT2D eigenvalue weighted by atomic mass is 32.2. The molecule has 1 fully saturated rings. The highest BCUT2D eigenvalue weighted by molar-refractivity contribution is 8.00. The van der Waals surface area contributed by atoms with E-state index in [0.29, 0.717) is 25.9 Å². The summed E-state index contributed by atoms with van der Waals surface area (Å²) in [5.41, 5.74) is 0.974. The molecule has 0 spiro atoms. The number of hydrogen-bond donors (Lipinski definition) is 1. The van der Waals surface area contributed by atoms with Gasteiger partial charge in [-0.1, -0.05) is 48.5 Å². The Labute approximate surface area is 151 Å². The Morgan fingerprint density at radius 3 is 2.08 bits per heavy atom. The summed E-state index contributed by atoms with van der Waals surface area (Å²) in [7, 11) is 0. The van der Waals surface area contributed by atoms with Gasteiger partial charge >= 0.3 is 5.97 Å². The van der Waals surface area contributed by atoms with Crippen LogP contribution in [0.1, 0.15) is 23.7 Å². The molecule has 1 amide bonds. The minimum absolute atomic E-state index is 0.0592. The van der Waals surface area contributed by atoms with E-state index in [1.807, 2.05) is 65.6 Å². The molecule has 2 aromatic rings. The summed E-state index contributed by atoms with van der Waals surface area (Å²) in [6.45, 7) is 1.02. The second-order valence-corrected chi connectivity index (χ2v) is 7.34. The highest BCUT2D eigenvalue weighted by Gasteiger charge is 2.31. The maximum absolute atomic E-state index is 13.1. The molecule has 1 saturated heterocycles. The van der Waals surface area contributed by atoms with Crippen molar-refractivity contribution in [1.29, 1.82) is 0 Å². The van der Waals surface area contributed by atoms with E-state index >= 15 is 0 Å². The van der Waals surface area contributed by atoms with E-state index in [4.69, 9.17) is 5.11 Å². The van der Waals surface area contributed by atoms with Gasteiger partial charge in [0.1, 0.15) is 5.25 Å². The Balaban J connectivity index is 1.77. The van der Waals surface area contributed by atoms with Gasteiger partial charge in [0, 0.05) is 18.0 Å². The van der Waals surface area contributed by atoms with Crippen molar-refractivity contribution in [3.63, 3.8) is 0 Å². The zero-order valence-corrected chi connectivity index (χ0v) is 14.7. The Morgan fingerprint density at radius 2 is 1.52 bits per heavy atom. The van der Waals surface area contributed by atoms with Crippen LogP contribution in [-0.4, -0.2) is 35.0 Å². The summed E-state index contributed by atoms with van der Waals surface area (Å²) in [6.07, 6.45) is 1.05. The number of carbonyl (C=O) groups is 2. The zero-order chi connectivity index (χ0) is 17.6. The van der Waals surface area contributed by atoms with Crippen molar-refractivity contribution in [2.24, 2.45) is 5.92 Å². The molecule has 1 aliphatic heterocycles. The van der Waals surface area contributed by atoms with E-state index in [1.54, 1.807) is 11.8 Å². The van der Waals surface area contributed by atoms with Crippen molar-refractivity contribution in [1.82, 2.24) is 4.90 Å². The van der Waals surface area contributed by atoms with Crippen LogP contribution in [0.25, 0.3) is 0 Å². The minimum Gasteiger partial charge on any atom is -0.481 e. The van der Waals surface area contributed by atoms with Crippen molar-refractivity contribution in [3.05, 3.63) is 66.2 Å². The lowest BCUT2D eigenvalue weighted by Gasteiger charge is -2.32. The highest BCUT2D eigenvalue weighted by Crippen LogP contribution is 2.37. The first kappa shape index (κ1) is 17.5. The Kier molecular flexibility index (Phi) is 5.76.